The number of primary amides is 2. The molecule has 7 nitrogen and oxygen atoms in total. The fourth-order valence-corrected chi connectivity index (χ4v) is 2.82. The Labute approximate surface area is 150 Å². The Morgan fingerprint density at radius 1 is 1.00 bits per heavy atom. The van der Waals surface area contributed by atoms with E-state index in [9.17, 15) is 14.4 Å². The monoisotopic (exact) mass is 353 g/mol. The standard InChI is InChI=1S/C19H19N3O4/c20-18(24)12-5-7-15(8-6-12)26-16-10-13(19(21)25)3-4-14(16)11-22-9-1-2-17(22)23/h3-8,10H,1-2,9,11H2,(H2,20,24)(H2,21,25). The highest BCUT2D eigenvalue weighted by Gasteiger charge is 2.22. The van der Waals surface area contributed by atoms with Crippen molar-refractivity contribution in [1.82, 2.24) is 4.90 Å². The first-order valence-electron chi connectivity index (χ1n) is 8.22. The van der Waals surface area contributed by atoms with E-state index in [1.807, 2.05) is 0 Å². The zero-order valence-electron chi connectivity index (χ0n) is 14.1. The maximum absolute atomic E-state index is 11.9. The molecule has 0 atom stereocenters. The van der Waals surface area contributed by atoms with Gasteiger partial charge < -0.3 is 21.1 Å². The van der Waals surface area contributed by atoms with E-state index in [4.69, 9.17) is 16.2 Å². The highest BCUT2D eigenvalue weighted by Crippen LogP contribution is 2.29. The average molecular weight is 353 g/mol. The zero-order chi connectivity index (χ0) is 18.7. The highest BCUT2D eigenvalue weighted by molar-refractivity contribution is 5.93. The van der Waals surface area contributed by atoms with Crippen molar-refractivity contribution < 1.29 is 19.1 Å². The minimum absolute atomic E-state index is 0.0979. The van der Waals surface area contributed by atoms with Crippen molar-refractivity contribution in [3.05, 3.63) is 59.2 Å². The Balaban J connectivity index is 1.89. The lowest BCUT2D eigenvalue weighted by atomic mass is 10.1. The molecule has 134 valence electrons. The number of nitrogens with two attached hydrogens (primary N) is 2. The summed E-state index contributed by atoms with van der Waals surface area (Å²) >= 11 is 0. The Bertz CT molecular complexity index is 862. The van der Waals surface area contributed by atoms with E-state index in [1.54, 1.807) is 47.4 Å². The normalized spacial score (nSPS) is 13.7. The van der Waals surface area contributed by atoms with Crippen LogP contribution in [0.2, 0.25) is 0 Å². The van der Waals surface area contributed by atoms with Crippen molar-refractivity contribution in [2.24, 2.45) is 11.5 Å². The Morgan fingerprint density at radius 2 is 1.65 bits per heavy atom. The fraction of sp³-hybridized carbons (Fsp3) is 0.211. The Morgan fingerprint density at radius 3 is 2.23 bits per heavy atom. The molecule has 4 N–H and O–H groups in total. The van der Waals surface area contributed by atoms with Gasteiger partial charge in [-0.15, -0.1) is 0 Å². The summed E-state index contributed by atoms with van der Waals surface area (Å²) in [4.78, 5) is 36.3. The molecular weight excluding hydrogens is 334 g/mol. The van der Waals surface area contributed by atoms with E-state index in [2.05, 4.69) is 0 Å². The Kier molecular flexibility index (Phi) is 4.88. The molecule has 0 unspecified atom stereocenters. The van der Waals surface area contributed by atoms with Gasteiger partial charge >= 0.3 is 0 Å². The van der Waals surface area contributed by atoms with Gasteiger partial charge in [0.2, 0.25) is 17.7 Å². The van der Waals surface area contributed by atoms with Gasteiger partial charge in [-0.3, -0.25) is 14.4 Å². The number of ether oxygens (including phenoxy) is 1. The van der Waals surface area contributed by atoms with E-state index in [1.165, 1.54) is 0 Å². The highest BCUT2D eigenvalue weighted by atomic mass is 16.5. The quantitative estimate of drug-likeness (QED) is 0.823. The second-order valence-corrected chi connectivity index (χ2v) is 6.10. The molecular formula is C19H19N3O4. The largest absolute Gasteiger partial charge is 0.457 e. The summed E-state index contributed by atoms with van der Waals surface area (Å²) in [6.45, 7) is 1.09. The summed E-state index contributed by atoms with van der Waals surface area (Å²) in [5.74, 6) is -0.0811. The summed E-state index contributed by atoms with van der Waals surface area (Å²) in [5.41, 5.74) is 12.0. The molecule has 2 aromatic rings. The van der Waals surface area contributed by atoms with Crippen LogP contribution in [0.15, 0.2) is 42.5 Å². The van der Waals surface area contributed by atoms with Gasteiger partial charge in [0.15, 0.2) is 0 Å². The minimum Gasteiger partial charge on any atom is -0.457 e. The predicted octanol–water partition coefficient (Wildman–Crippen LogP) is 1.80. The molecule has 1 saturated heterocycles. The number of carbonyl (C=O) groups is 3. The lowest BCUT2D eigenvalue weighted by Crippen LogP contribution is -2.24. The molecule has 3 amide bonds. The van der Waals surface area contributed by atoms with Gasteiger partial charge in [0.1, 0.15) is 11.5 Å². The summed E-state index contributed by atoms with van der Waals surface area (Å²) in [5, 5.41) is 0. The molecule has 0 bridgehead atoms. The van der Waals surface area contributed by atoms with Crippen molar-refractivity contribution in [2.45, 2.75) is 19.4 Å². The van der Waals surface area contributed by atoms with Crippen molar-refractivity contribution in [1.29, 1.82) is 0 Å². The van der Waals surface area contributed by atoms with Crippen molar-refractivity contribution >= 4 is 17.7 Å². The molecule has 0 spiro atoms. The zero-order valence-corrected chi connectivity index (χ0v) is 14.1. The van der Waals surface area contributed by atoms with Crippen LogP contribution in [0.1, 0.15) is 39.1 Å². The van der Waals surface area contributed by atoms with Crippen LogP contribution < -0.4 is 16.2 Å². The third-order valence-electron chi connectivity index (χ3n) is 4.25. The maximum atomic E-state index is 11.9. The van der Waals surface area contributed by atoms with Gasteiger partial charge in [0.05, 0.1) is 0 Å². The van der Waals surface area contributed by atoms with E-state index in [-0.39, 0.29) is 5.91 Å². The van der Waals surface area contributed by atoms with Gasteiger partial charge in [0, 0.05) is 36.2 Å². The Hall–Kier alpha value is -3.35. The van der Waals surface area contributed by atoms with Crippen molar-refractivity contribution in [2.75, 3.05) is 6.54 Å². The third-order valence-corrected chi connectivity index (χ3v) is 4.25. The van der Waals surface area contributed by atoms with Gasteiger partial charge in [-0.1, -0.05) is 6.07 Å². The van der Waals surface area contributed by atoms with Crippen LogP contribution in [0, 0.1) is 0 Å². The van der Waals surface area contributed by atoms with Gasteiger partial charge in [-0.2, -0.15) is 0 Å². The van der Waals surface area contributed by atoms with Gasteiger partial charge in [0.25, 0.3) is 0 Å². The number of hydrogen-bond donors (Lipinski definition) is 2. The molecule has 0 radical (unpaired) electrons. The third kappa shape index (κ3) is 3.83. The van der Waals surface area contributed by atoms with E-state index < -0.39 is 11.8 Å². The summed E-state index contributed by atoms with van der Waals surface area (Å²) < 4.78 is 5.88. The first-order valence-corrected chi connectivity index (χ1v) is 8.22. The van der Waals surface area contributed by atoms with Crippen molar-refractivity contribution in [3.8, 4) is 11.5 Å². The van der Waals surface area contributed by atoms with Crippen LogP contribution in [0.3, 0.4) is 0 Å². The number of nitrogens with zero attached hydrogens (tertiary/aromatic N) is 1. The number of rotatable bonds is 6. The summed E-state index contributed by atoms with van der Waals surface area (Å²) in [6.07, 6.45) is 1.38. The summed E-state index contributed by atoms with van der Waals surface area (Å²) in [6, 6.07) is 11.2. The first-order chi connectivity index (χ1) is 12.4. The molecule has 2 aromatic carbocycles. The van der Waals surface area contributed by atoms with E-state index >= 15 is 0 Å². The molecule has 7 heteroatoms. The number of benzene rings is 2. The summed E-state index contributed by atoms with van der Waals surface area (Å²) in [7, 11) is 0. The predicted molar refractivity (Wildman–Crippen MR) is 94.6 cm³/mol. The number of carbonyl (C=O) groups excluding carboxylic acids is 3. The van der Waals surface area contributed by atoms with Crippen LogP contribution in [0.4, 0.5) is 0 Å². The second kappa shape index (κ2) is 7.26. The first kappa shape index (κ1) is 17.5. The van der Waals surface area contributed by atoms with Crippen LogP contribution >= 0.6 is 0 Å². The average Bonchev–Trinajstić information content (AvgIpc) is 3.01. The fourth-order valence-electron chi connectivity index (χ4n) is 2.82. The molecule has 26 heavy (non-hydrogen) atoms. The molecule has 1 fully saturated rings. The SMILES string of the molecule is NC(=O)c1ccc(Oc2cc(C(N)=O)ccc2CN2CCCC2=O)cc1. The van der Waals surface area contributed by atoms with Crippen molar-refractivity contribution in [3.63, 3.8) is 0 Å². The van der Waals surface area contributed by atoms with Gasteiger partial charge in [-0.05, 0) is 42.8 Å². The topological polar surface area (TPSA) is 116 Å². The van der Waals surface area contributed by atoms with Crippen LogP contribution in [0.25, 0.3) is 0 Å². The smallest absolute Gasteiger partial charge is 0.248 e. The maximum Gasteiger partial charge on any atom is 0.248 e. The molecule has 1 aliphatic heterocycles. The lowest BCUT2D eigenvalue weighted by molar-refractivity contribution is -0.128. The van der Waals surface area contributed by atoms with Gasteiger partial charge in [-0.25, -0.2) is 0 Å². The van der Waals surface area contributed by atoms with Crippen LogP contribution in [-0.2, 0) is 11.3 Å². The van der Waals surface area contributed by atoms with Crippen LogP contribution in [-0.4, -0.2) is 29.2 Å². The molecule has 0 saturated carbocycles. The van der Waals surface area contributed by atoms with E-state index in [0.29, 0.717) is 42.1 Å². The minimum atomic E-state index is -0.567. The lowest BCUT2D eigenvalue weighted by Gasteiger charge is -2.19. The number of likely N-dealkylation sites (tertiary alicyclic amines) is 1. The number of hydrogen-bond acceptors (Lipinski definition) is 4. The molecule has 1 heterocycles. The van der Waals surface area contributed by atoms with E-state index in [0.717, 1.165) is 12.0 Å². The number of amides is 3. The molecule has 1 aliphatic rings. The van der Waals surface area contributed by atoms with Crippen LogP contribution in [0.5, 0.6) is 11.5 Å². The second-order valence-electron chi connectivity index (χ2n) is 6.10. The molecule has 3 rings (SSSR count). The molecule has 0 aromatic heterocycles. The molecule has 0 aliphatic carbocycles.